The van der Waals surface area contributed by atoms with Gasteiger partial charge in [0.2, 0.25) is 0 Å². The second-order valence-electron chi connectivity index (χ2n) is 2.63. The Kier molecular flexibility index (Phi) is 1.95. The molecular weight excluding hydrogens is 122 g/mol. The predicted octanol–water partition coefficient (Wildman–Crippen LogP) is 1.99. The molecule has 0 spiro atoms. The molecule has 1 heteroatoms. The topological polar surface area (TPSA) is 12.0 Å². The fourth-order valence-corrected chi connectivity index (χ4v) is 1.16. The van der Waals surface area contributed by atoms with Gasteiger partial charge in [-0.1, -0.05) is 18.7 Å². The van der Waals surface area contributed by atoms with Gasteiger partial charge in [-0.15, -0.1) is 0 Å². The summed E-state index contributed by atoms with van der Waals surface area (Å²) in [5.74, 6) is 0. The Balaban J connectivity index is 2.81. The van der Waals surface area contributed by atoms with E-state index in [0.717, 1.165) is 0 Å². The average Bonchev–Trinajstić information content (AvgIpc) is 1.85. The van der Waals surface area contributed by atoms with Gasteiger partial charge in [-0.2, -0.15) is 0 Å². The van der Waals surface area contributed by atoms with Crippen molar-refractivity contribution in [3.8, 4) is 0 Å². The zero-order chi connectivity index (χ0) is 7.56. The molecule has 1 heterocycles. The number of hydrogen-bond acceptors (Lipinski definition) is 1. The van der Waals surface area contributed by atoms with Crippen molar-refractivity contribution in [3.63, 3.8) is 0 Å². The van der Waals surface area contributed by atoms with Crippen molar-refractivity contribution in [2.24, 2.45) is 0 Å². The first-order valence-electron chi connectivity index (χ1n) is 3.51. The lowest BCUT2D eigenvalue weighted by molar-refractivity contribution is 0.714. The van der Waals surface area contributed by atoms with Gasteiger partial charge in [-0.25, -0.2) is 0 Å². The van der Waals surface area contributed by atoms with E-state index in [1.165, 1.54) is 11.3 Å². The van der Waals surface area contributed by atoms with E-state index >= 15 is 0 Å². The predicted molar refractivity (Wildman–Crippen MR) is 44.6 cm³/mol. The van der Waals surface area contributed by atoms with Crippen LogP contribution in [0.15, 0.2) is 36.1 Å². The highest BCUT2D eigenvalue weighted by Crippen LogP contribution is 2.09. The van der Waals surface area contributed by atoms with Crippen LogP contribution in [-0.2, 0) is 0 Å². The van der Waals surface area contributed by atoms with Gasteiger partial charge in [-0.05, 0) is 25.5 Å². The van der Waals surface area contributed by atoms with Gasteiger partial charge in [0.1, 0.15) is 0 Å². The molecule has 0 saturated heterocycles. The summed E-state index contributed by atoms with van der Waals surface area (Å²) >= 11 is 0. The van der Waals surface area contributed by atoms with E-state index in [2.05, 4.69) is 37.9 Å². The molecule has 1 nitrogen and oxygen atoms in total. The van der Waals surface area contributed by atoms with E-state index in [1.54, 1.807) is 0 Å². The number of allylic oxidation sites excluding steroid dienone is 4. The number of hydrogen-bond donors (Lipinski definition) is 1. The van der Waals surface area contributed by atoms with Crippen LogP contribution in [0.4, 0.5) is 0 Å². The lowest BCUT2D eigenvalue weighted by Crippen LogP contribution is -2.24. The van der Waals surface area contributed by atoms with Crippen molar-refractivity contribution in [1.29, 1.82) is 0 Å². The molecule has 54 valence electrons. The van der Waals surface area contributed by atoms with Gasteiger partial charge in [0.15, 0.2) is 0 Å². The number of nitrogens with one attached hydrogen (secondary N) is 1. The van der Waals surface area contributed by atoms with E-state index in [4.69, 9.17) is 0 Å². The Morgan fingerprint density at radius 2 is 2.40 bits per heavy atom. The Labute approximate surface area is 62.1 Å². The van der Waals surface area contributed by atoms with E-state index in [-0.39, 0.29) is 0 Å². The molecule has 0 radical (unpaired) electrons. The SMILES string of the molecule is C=CC1=CC(C)NC(C)=C1. The molecule has 1 rings (SSSR count). The Morgan fingerprint density at radius 3 is 2.90 bits per heavy atom. The van der Waals surface area contributed by atoms with E-state index in [1.807, 2.05) is 6.08 Å². The first kappa shape index (κ1) is 7.13. The lowest BCUT2D eigenvalue weighted by Gasteiger charge is -2.17. The monoisotopic (exact) mass is 135 g/mol. The minimum atomic E-state index is 0.443. The molecule has 1 aliphatic rings. The first-order valence-corrected chi connectivity index (χ1v) is 3.51. The van der Waals surface area contributed by atoms with Crippen LogP contribution in [0.25, 0.3) is 0 Å². The molecule has 0 aliphatic carbocycles. The van der Waals surface area contributed by atoms with Gasteiger partial charge < -0.3 is 5.32 Å². The molecule has 0 fully saturated rings. The summed E-state index contributed by atoms with van der Waals surface area (Å²) in [7, 11) is 0. The largest absolute Gasteiger partial charge is 0.383 e. The van der Waals surface area contributed by atoms with Crippen LogP contribution in [0.2, 0.25) is 0 Å². The minimum absolute atomic E-state index is 0.443. The Hall–Kier alpha value is -0.980. The molecule has 0 aromatic carbocycles. The van der Waals surface area contributed by atoms with E-state index < -0.39 is 0 Å². The van der Waals surface area contributed by atoms with Gasteiger partial charge in [-0.3, -0.25) is 0 Å². The average molecular weight is 135 g/mol. The molecule has 1 atom stereocenters. The van der Waals surface area contributed by atoms with Crippen molar-refractivity contribution in [3.05, 3.63) is 36.1 Å². The van der Waals surface area contributed by atoms with Crippen molar-refractivity contribution in [1.82, 2.24) is 5.32 Å². The van der Waals surface area contributed by atoms with E-state index in [9.17, 15) is 0 Å². The molecule has 1 unspecified atom stereocenters. The summed E-state index contributed by atoms with van der Waals surface area (Å²) in [4.78, 5) is 0. The highest BCUT2D eigenvalue weighted by atomic mass is 14.9. The van der Waals surface area contributed by atoms with Gasteiger partial charge in [0.25, 0.3) is 0 Å². The van der Waals surface area contributed by atoms with Crippen LogP contribution in [0.3, 0.4) is 0 Å². The zero-order valence-electron chi connectivity index (χ0n) is 6.52. The maximum atomic E-state index is 3.71. The number of rotatable bonds is 1. The summed E-state index contributed by atoms with van der Waals surface area (Å²) in [6, 6.07) is 0.443. The fourth-order valence-electron chi connectivity index (χ4n) is 1.16. The van der Waals surface area contributed by atoms with Crippen LogP contribution < -0.4 is 5.32 Å². The summed E-state index contributed by atoms with van der Waals surface area (Å²) in [5.41, 5.74) is 2.42. The molecule has 0 aromatic rings. The smallest absolute Gasteiger partial charge is 0.0421 e. The third-order valence-electron chi connectivity index (χ3n) is 1.52. The van der Waals surface area contributed by atoms with Crippen LogP contribution >= 0.6 is 0 Å². The quantitative estimate of drug-likeness (QED) is 0.579. The van der Waals surface area contributed by atoms with Crippen molar-refractivity contribution < 1.29 is 0 Å². The Morgan fingerprint density at radius 1 is 1.70 bits per heavy atom. The fraction of sp³-hybridized carbons (Fsp3) is 0.333. The highest BCUT2D eigenvalue weighted by molar-refractivity contribution is 5.35. The molecule has 0 bridgehead atoms. The first-order chi connectivity index (χ1) is 4.72. The normalized spacial score (nSPS) is 24.4. The lowest BCUT2D eigenvalue weighted by atomic mass is 10.1. The zero-order valence-corrected chi connectivity index (χ0v) is 6.52. The van der Waals surface area contributed by atoms with Gasteiger partial charge in [0.05, 0.1) is 0 Å². The van der Waals surface area contributed by atoms with Crippen LogP contribution in [0, 0.1) is 0 Å². The highest BCUT2D eigenvalue weighted by Gasteiger charge is 2.03. The summed E-state index contributed by atoms with van der Waals surface area (Å²) in [6.07, 6.45) is 6.12. The number of dihydropyridines is 1. The third kappa shape index (κ3) is 1.50. The second-order valence-corrected chi connectivity index (χ2v) is 2.63. The standard InChI is InChI=1S/C9H13N/c1-4-9-5-7(2)10-8(3)6-9/h4-7,10H,1H2,2-3H3. The molecule has 1 N–H and O–H groups in total. The van der Waals surface area contributed by atoms with Gasteiger partial charge >= 0.3 is 0 Å². The van der Waals surface area contributed by atoms with Crippen LogP contribution in [0.5, 0.6) is 0 Å². The summed E-state index contributed by atoms with van der Waals surface area (Å²) in [6.45, 7) is 7.90. The third-order valence-corrected chi connectivity index (χ3v) is 1.52. The molecule has 1 aliphatic heterocycles. The Bertz CT molecular complexity index is 199. The molecule has 0 aromatic heterocycles. The van der Waals surface area contributed by atoms with Gasteiger partial charge in [0, 0.05) is 11.7 Å². The van der Waals surface area contributed by atoms with Crippen molar-refractivity contribution >= 4 is 0 Å². The van der Waals surface area contributed by atoms with Crippen molar-refractivity contribution in [2.45, 2.75) is 19.9 Å². The molecule has 0 saturated carbocycles. The van der Waals surface area contributed by atoms with Crippen molar-refractivity contribution in [2.75, 3.05) is 0 Å². The summed E-state index contributed by atoms with van der Waals surface area (Å²) < 4.78 is 0. The molecular formula is C9H13N. The summed E-state index contributed by atoms with van der Waals surface area (Å²) in [5, 5.41) is 3.28. The minimum Gasteiger partial charge on any atom is -0.383 e. The van der Waals surface area contributed by atoms with E-state index in [0.29, 0.717) is 6.04 Å². The van der Waals surface area contributed by atoms with Crippen LogP contribution in [0.1, 0.15) is 13.8 Å². The molecule has 0 amide bonds. The molecule has 10 heavy (non-hydrogen) atoms. The maximum absolute atomic E-state index is 3.71. The maximum Gasteiger partial charge on any atom is 0.0421 e. The second kappa shape index (κ2) is 2.74. The van der Waals surface area contributed by atoms with Crippen LogP contribution in [-0.4, -0.2) is 6.04 Å².